The van der Waals surface area contributed by atoms with E-state index in [4.69, 9.17) is 4.74 Å². The first-order valence-corrected chi connectivity index (χ1v) is 6.01. The van der Waals surface area contributed by atoms with E-state index in [2.05, 4.69) is 4.98 Å². The molecule has 7 heteroatoms. The van der Waals surface area contributed by atoms with Gasteiger partial charge in [0, 0.05) is 12.5 Å². The Kier molecular flexibility index (Phi) is 4.22. The maximum absolute atomic E-state index is 12.8. The number of ether oxygens (including phenoxy) is 1. The molecule has 0 N–H and O–H groups in total. The van der Waals surface area contributed by atoms with Crippen LogP contribution >= 0.6 is 0 Å². The molecule has 2 aromatic rings. The molecule has 1 aromatic heterocycles. The molecule has 21 heavy (non-hydrogen) atoms. The number of nitro groups is 1. The van der Waals surface area contributed by atoms with Crippen molar-refractivity contribution in [3.63, 3.8) is 0 Å². The molecule has 0 aliphatic heterocycles. The maximum Gasteiger partial charge on any atom is 0.406 e. The third-order valence-electron chi connectivity index (χ3n) is 2.68. The van der Waals surface area contributed by atoms with Crippen LogP contribution in [0.15, 0.2) is 36.4 Å². The zero-order valence-electron chi connectivity index (χ0n) is 11.1. The molecule has 0 aliphatic carbocycles. The number of pyridine rings is 1. The zero-order valence-corrected chi connectivity index (χ0v) is 11.1. The molecule has 1 heterocycles. The Morgan fingerprint density at radius 3 is 2.57 bits per heavy atom. The van der Waals surface area contributed by atoms with Crippen molar-refractivity contribution in [2.75, 3.05) is 6.61 Å². The van der Waals surface area contributed by atoms with E-state index in [0.717, 1.165) is 12.1 Å². The number of hydrogen-bond acceptors (Lipinski definition) is 5. The van der Waals surface area contributed by atoms with Gasteiger partial charge in [-0.1, -0.05) is 0 Å². The Balaban J connectivity index is 2.11. The van der Waals surface area contributed by atoms with Crippen LogP contribution in [0.3, 0.4) is 0 Å². The summed E-state index contributed by atoms with van der Waals surface area (Å²) < 4.78 is 17.9. The Morgan fingerprint density at radius 1 is 1.29 bits per heavy atom. The first-order chi connectivity index (χ1) is 9.97. The molecule has 1 aromatic carbocycles. The van der Waals surface area contributed by atoms with E-state index in [9.17, 15) is 19.3 Å². The summed E-state index contributed by atoms with van der Waals surface area (Å²) in [7, 11) is 0. The van der Waals surface area contributed by atoms with Gasteiger partial charge in [-0.05, 0) is 46.3 Å². The number of benzene rings is 1. The van der Waals surface area contributed by atoms with Gasteiger partial charge >= 0.3 is 5.82 Å². The van der Waals surface area contributed by atoms with Crippen molar-refractivity contribution >= 4 is 11.6 Å². The van der Waals surface area contributed by atoms with E-state index in [1.807, 2.05) is 0 Å². The molecule has 0 radical (unpaired) electrons. The Hall–Kier alpha value is -2.83. The van der Waals surface area contributed by atoms with E-state index >= 15 is 0 Å². The number of ketones is 1. The monoisotopic (exact) mass is 290 g/mol. The van der Waals surface area contributed by atoms with Crippen molar-refractivity contribution in [1.82, 2.24) is 4.98 Å². The van der Waals surface area contributed by atoms with Crippen molar-refractivity contribution in [3.8, 4) is 5.75 Å². The molecule has 0 saturated heterocycles. The lowest BCUT2D eigenvalue weighted by Gasteiger charge is -2.06. The van der Waals surface area contributed by atoms with Gasteiger partial charge in [0.15, 0.2) is 12.4 Å². The highest BCUT2D eigenvalue weighted by Gasteiger charge is 2.18. The number of halogens is 1. The van der Waals surface area contributed by atoms with Crippen molar-refractivity contribution in [2.24, 2.45) is 0 Å². The predicted octanol–water partition coefficient (Wildman–Crippen LogP) is 2.70. The summed E-state index contributed by atoms with van der Waals surface area (Å²) >= 11 is 0. The summed E-state index contributed by atoms with van der Waals surface area (Å²) in [6, 6.07) is 7.89. The van der Waals surface area contributed by atoms with E-state index in [0.29, 0.717) is 5.69 Å². The van der Waals surface area contributed by atoms with Crippen LogP contribution in [0.4, 0.5) is 10.2 Å². The number of hydrogen-bond donors (Lipinski definition) is 0. The molecule has 108 valence electrons. The van der Waals surface area contributed by atoms with Crippen molar-refractivity contribution in [1.29, 1.82) is 0 Å². The van der Waals surface area contributed by atoms with Crippen LogP contribution in [0.25, 0.3) is 0 Å². The van der Waals surface area contributed by atoms with Crippen LogP contribution in [0.2, 0.25) is 0 Å². The highest BCUT2D eigenvalue weighted by molar-refractivity contribution is 5.97. The minimum absolute atomic E-state index is 0.0824. The second-order valence-corrected chi connectivity index (χ2v) is 4.25. The lowest BCUT2D eigenvalue weighted by atomic mass is 10.1. The predicted molar refractivity (Wildman–Crippen MR) is 71.9 cm³/mol. The van der Waals surface area contributed by atoms with Gasteiger partial charge in [-0.25, -0.2) is 4.39 Å². The molecular weight excluding hydrogens is 279 g/mol. The van der Waals surface area contributed by atoms with Crippen LogP contribution in [0.1, 0.15) is 16.1 Å². The van der Waals surface area contributed by atoms with Crippen molar-refractivity contribution in [3.05, 3.63) is 63.6 Å². The third kappa shape index (κ3) is 3.59. The molecule has 0 saturated carbocycles. The molecule has 0 fully saturated rings. The van der Waals surface area contributed by atoms with E-state index < -0.39 is 28.9 Å². The Morgan fingerprint density at radius 2 is 1.95 bits per heavy atom. The fraction of sp³-hybridized carbons (Fsp3) is 0.143. The van der Waals surface area contributed by atoms with Crippen LogP contribution < -0.4 is 4.74 Å². The van der Waals surface area contributed by atoms with Crippen LogP contribution in [-0.2, 0) is 0 Å². The molecular formula is C14H11FN2O4. The minimum Gasteiger partial charge on any atom is -0.477 e. The minimum atomic E-state index is -0.676. The zero-order chi connectivity index (χ0) is 15.4. The molecule has 0 aliphatic rings. The van der Waals surface area contributed by atoms with Gasteiger partial charge in [0.05, 0.1) is 0 Å². The number of carbonyl (C=O) groups excluding carboxylic acids is 1. The second kappa shape index (κ2) is 6.08. The molecule has 0 atom stereocenters. The summed E-state index contributed by atoms with van der Waals surface area (Å²) in [5, 5.41) is 10.9. The molecule has 0 amide bonds. The van der Waals surface area contributed by atoms with E-state index in [-0.39, 0.29) is 11.3 Å². The topological polar surface area (TPSA) is 82.3 Å². The number of aryl methyl sites for hydroxylation is 1. The average molecular weight is 290 g/mol. The number of Topliss-reactive ketones (excluding diaryl/α,β-unsaturated/α-hetero) is 1. The quantitative estimate of drug-likeness (QED) is 0.480. The first-order valence-electron chi connectivity index (χ1n) is 6.01. The van der Waals surface area contributed by atoms with Crippen molar-refractivity contribution in [2.45, 2.75) is 6.92 Å². The van der Waals surface area contributed by atoms with Gasteiger partial charge in [-0.15, -0.1) is 0 Å². The SMILES string of the molecule is Cc1ccc(OCC(=O)c2ccc(F)cc2)c([N+](=O)[O-])n1. The van der Waals surface area contributed by atoms with Gasteiger partial charge in [-0.3, -0.25) is 4.79 Å². The maximum atomic E-state index is 12.8. The summed E-state index contributed by atoms with van der Waals surface area (Å²) in [6.07, 6.45) is 0. The standard InChI is InChI=1S/C14H11FN2O4/c1-9-2-7-13(14(16-9)17(19)20)21-8-12(18)10-3-5-11(15)6-4-10/h2-7H,8H2,1H3. The first kappa shape index (κ1) is 14.6. The average Bonchev–Trinajstić information content (AvgIpc) is 2.46. The molecule has 2 rings (SSSR count). The van der Waals surface area contributed by atoms with Crippen molar-refractivity contribution < 1.29 is 18.8 Å². The highest BCUT2D eigenvalue weighted by Crippen LogP contribution is 2.24. The Labute approximate surface area is 119 Å². The fourth-order valence-corrected chi connectivity index (χ4v) is 1.64. The van der Waals surface area contributed by atoms with Gasteiger partial charge in [0.1, 0.15) is 11.5 Å². The summed E-state index contributed by atoms with van der Waals surface area (Å²) in [5.74, 6) is -1.39. The largest absolute Gasteiger partial charge is 0.477 e. The summed E-state index contributed by atoms with van der Waals surface area (Å²) in [5.41, 5.74) is 0.734. The van der Waals surface area contributed by atoms with Gasteiger partial charge in [-0.2, -0.15) is 0 Å². The van der Waals surface area contributed by atoms with E-state index in [1.54, 1.807) is 13.0 Å². The van der Waals surface area contributed by atoms with Crippen LogP contribution in [-0.4, -0.2) is 22.3 Å². The number of aromatic nitrogens is 1. The number of rotatable bonds is 5. The molecule has 0 unspecified atom stereocenters. The summed E-state index contributed by atoms with van der Waals surface area (Å²) in [4.78, 5) is 25.8. The van der Waals surface area contributed by atoms with Crippen LogP contribution in [0, 0.1) is 22.9 Å². The van der Waals surface area contributed by atoms with Crippen LogP contribution in [0.5, 0.6) is 5.75 Å². The molecule has 6 nitrogen and oxygen atoms in total. The molecule has 0 bridgehead atoms. The Bertz CT molecular complexity index is 686. The number of nitrogens with zero attached hydrogens (tertiary/aromatic N) is 2. The van der Waals surface area contributed by atoms with E-state index in [1.165, 1.54) is 18.2 Å². The fourth-order valence-electron chi connectivity index (χ4n) is 1.64. The van der Waals surface area contributed by atoms with Gasteiger partial charge < -0.3 is 14.9 Å². The third-order valence-corrected chi connectivity index (χ3v) is 2.68. The molecule has 0 spiro atoms. The summed E-state index contributed by atoms with van der Waals surface area (Å²) in [6.45, 7) is 1.22. The van der Waals surface area contributed by atoms with Gasteiger partial charge in [0.25, 0.3) is 0 Å². The van der Waals surface area contributed by atoms with Gasteiger partial charge in [0.2, 0.25) is 5.75 Å². The highest BCUT2D eigenvalue weighted by atomic mass is 19.1. The normalized spacial score (nSPS) is 10.2. The lowest BCUT2D eigenvalue weighted by molar-refractivity contribution is -0.390. The smallest absolute Gasteiger partial charge is 0.406 e. The lowest BCUT2D eigenvalue weighted by Crippen LogP contribution is -2.12. The number of carbonyl (C=O) groups is 1. The second-order valence-electron chi connectivity index (χ2n) is 4.25.